The van der Waals surface area contributed by atoms with E-state index in [1.807, 2.05) is 6.92 Å². The zero-order chi connectivity index (χ0) is 14.4. The predicted octanol–water partition coefficient (Wildman–Crippen LogP) is 0.844. The van der Waals surface area contributed by atoms with Crippen molar-refractivity contribution in [3.63, 3.8) is 0 Å². The molecule has 0 radical (unpaired) electrons. The standard InChI is InChI=1S/C14H27N3O2/c1-5-8-17-13(18)10-12(14(17)19)15-7-6-9-16(4)11(2)3/h11-12,15H,5-10H2,1-4H3. The van der Waals surface area contributed by atoms with Crippen LogP contribution in [0.1, 0.15) is 40.0 Å². The lowest BCUT2D eigenvalue weighted by molar-refractivity contribution is -0.138. The van der Waals surface area contributed by atoms with Crippen molar-refractivity contribution in [2.75, 3.05) is 26.7 Å². The Morgan fingerprint density at radius 3 is 2.68 bits per heavy atom. The van der Waals surface area contributed by atoms with Gasteiger partial charge in [0.25, 0.3) is 0 Å². The van der Waals surface area contributed by atoms with Gasteiger partial charge in [-0.15, -0.1) is 0 Å². The van der Waals surface area contributed by atoms with Crippen LogP contribution in [-0.2, 0) is 9.59 Å². The second-order valence-corrected chi connectivity index (χ2v) is 5.52. The van der Waals surface area contributed by atoms with Crippen LogP contribution < -0.4 is 5.32 Å². The average Bonchev–Trinajstić information content (AvgIpc) is 2.62. The van der Waals surface area contributed by atoms with Gasteiger partial charge in [-0.3, -0.25) is 14.5 Å². The summed E-state index contributed by atoms with van der Waals surface area (Å²) in [7, 11) is 2.10. The molecule has 19 heavy (non-hydrogen) atoms. The number of rotatable bonds is 8. The Labute approximate surface area is 116 Å². The van der Waals surface area contributed by atoms with E-state index < -0.39 is 0 Å². The van der Waals surface area contributed by atoms with Crippen molar-refractivity contribution in [3.8, 4) is 0 Å². The Hall–Kier alpha value is -0.940. The lowest BCUT2D eigenvalue weighted by Crippen LogP contribution is -2.40. The first kappa shape index (κ1) is 16.1. The summed E-state index contributed by atoms with van der Waals surface area (Å²) in [6, 6.07) is 0.234. The number of hydrogen-bond donors (Lipinski definition) is 1. The number of imide groups is 1. The summed E-state index contributed by atoms with van der Waals surface area (Å²) in [6.45, 7) is 8.62. The Morgan fingerprint density at radius 1 is 1.42 bits per heavy atom. The second kappa shape index (κ2) is 7.60. The zero-order valence-electron chi connectivity index (χ0n) is 12.6. The molecule has 5 heteroatoms. The maximum atomic E-state index is 12.0. The molecule has 1 aliphatic rings. The molecule has 2 amide bonds. The first-order valence-corrected chi connectivity index (χ1v) is 7.25. The van der Waals surface area contributed by atoms with Crippen LogP contribution in [0.4, 0.5) is 0 Å². The summed E-state index contributed by atoms with van der Waals surface area (Å²) < 4.78 is 0. The predicted molar refractivity (Wildman–Crippen MR) is 75.8 cm³/mol. The zero-order valence-corrected chi connectivity index (χ0v) is 12.6. The van der Waals surface area contributed by atoms with Gasteiger partial charge in [0.15, 0.2) is 0 Å². The molecule has 0 aromatic carbocycles. The number of nitrogens with one attached hydrogen (secondary N) is 1. The molecule has 1 saturated heterocycles. The second-order valence-electron chi connectivity index (χ2n) is 5.52. The van der Waals surface area contributed by atoms with Crippen molar-refractivity contribution < 1.29 is 9.59 Å². The van der Waals surface area contributed by atoms with Crippen molar-refractivity contribution in [1.29, 1.82) is 0 Å². The molecule has 0 aliphatic carbocycles. The smallest absolute Gasteiger partial charge is 0.246 e. The fourth-order valence-electron chi connectivity index (χ4n) is 2.16. The lowest BCUT2D eigenvalue weighted by atomic mass is 10.2. The Kier molecular flexibility index (Phi) is 6.45. The van der Waals surface area contributed by atoms with Gasteiger partial charge in [0.2, 0.25) is 11.8 Å². The van der Waals surface area contributed by atoms with Crippen LogP contribution in [0.3, 0.4) is 0 Å². The molecule has 1 aliphatic heterocycles. The summed E-state index contributed by atoms with van der Waals surface area (Å²) in [4.78, 5) is 27.3. The number of likely N-dealkylation sites (tertiary alicyclic amines) is 1. The first-order chi connectivity index (χ1) is 8.97. The van der Waals surface area contributed by atoms with E-state index in [-0.39, 0.29) is 17.9 Å². The molecule has 0 aromatic heterocycles. The third kappa shape index (κ3) is 4.58. The third-order valence-electron chi connectivity index (χ3n) is 3.65. The molecule has 1 fully saturated rings. The van der Waals surface area contributed by atoms with Crippen LogP contribution in [0.25, 0.3) is 0 Å². The SMILES string of the molecule is CCCN1C(=O)CC(NCCCN(C)C(C)C)C1=O. The molecule has 0 saturated carbocycles. The molecule has 110 valence electrons. The van der Waals surface area contributed by atoms with E-state index in [1.54, 1.807) is 0 Å². The molecule has 0 aromatic rings. The van der Waals surface area contributed by atoms with Crippen molar-refractivity contribution in [2.45, 2.75) is 52.1 Å². The summed E-state index contributed by atoms with van der Waals surface area (Å²) in [6.07, 6.45) is 2.13. The minimum atomic E-state index is -0.302. The van der Waals surface area contributed by atoms with Crippen molar-refractivity contribution in [3.05, 3.63) is 0 Å². The largest absolute Gasteiger partial charge is 0.305 e. The van der Waals surface area contributed by atoms with E-state index in [2.05, 4.69) is 31.1 Å². The minimum Gasteiger partial charge on any atom is -0.305 e. The van der Waals surface area contributed by atoms with E-state index in [4.69, 9.17) is 0 Å². The Balaban J connectivity index is 2.27. The molecular weight excluding hydrogens is 242 g/mol. The highest BCUT2D eigenvalue weighted by atomic mass is 16.2. The number of nitrogens with zero attached hydrogens (tertiary/aromatic N) is 2. The number of carbonyl (C=O) groups is 2. The number of hydrogen-bond acceptors (Lipinski definition) is 4. The molecule has 1 unspecified atom stereocenters. The van der Waals surface area contributed by atoms with E-state index in [0.717, 1.165) is 25.9 Å². The van der Waals surface area contributed by atoms with Crippen LogP contribution in [0.2, 0.25) is 0 Å². The van der Waals surface area contributed by atoms with Gasteiger partial charge < -0.3 is 10.2 Å². The number of carbonyl (C=O) groups excluding carboxylic acids is 2. The van der Waals surface area contributed by atoms with Crippen LogP contribution in [0, 0.1) is 0 Å². The third-order valence-corrected chi connectivity index (χ3v) is 3.65. The fraction of sp³-hybridized carbons (Fsp3) is 0.857. The van der Waals surface area contributed by atoms with E-state index in [9.17, 15) is 9.59 Å². The van der Waals surface area contributed by atoms with E-state index in [0.29, 0.717) is 19.0 Å². The van der Waals surface area contributed by atoms with Gasteiger partial charge in [-0.25, -0.2) is 0 Å². The van der Waals surface area contributed by atoms with Crippen molar-refractivity contribution in [1.82, 2.24) is 15.1 Å². The van der Waals surface area contributed by atoms with Gasteiger partial charge >= 0.3 is 0 Å². The highest BCUT2D eigenvalue weighted by Gasteiger charge is 2.37. The summed E-state index contributed by atoms with van der Waals surface area (Å²) in [5.74, 6) is -0.0901. The van der Waals surface area contributed by atoms with E-state index in [1.165, 1.54) is 4.90 Å². The molecule has 1 heterocycles. The van der Waals surface area contributed by atoms with Crippen LogP contribution >= 0.6 is 0 Å². The van der Waals surface area contributed by atoms with Gasteiger partial charge in [0.1, 0.15) is 0 Å². The van der Waals surface area contributed by atoms with Crippen LogP contribution in [-0.4, -0.2) is 60.4 Å². The van der Waals surface area contributed by atoms with Crippen LogP contribution in [0.15, 0.2) is 0 Å². The maximum Gasteiger partial charge on any atom is 0.246 e. The number of amides is 2. The summed E-state index contributed by atoms with van der Waals surface area (Å²) >= 11 is 0. The van der Waals surface area contributed by atoms with Crippen LogP contribution in [0.5, 0.6) is 0 Å². The molecule has 0 bridgehead atoms. The Morgan fingerprint density at radius 2 is 2.11 bits per heavy atom. The van der Waals surface area contributed by atoms with Crippen molar-refractivity contribution in [2.24, 2.45) is 0 Å². The highest BCUT2D eigenvalue weighted by Crippen LogP contribution is 2.13. The van der Waals surface area contributed by atoms with Gasteiger partial charge in [0, 0.05) is 12.6 Å². The molecule has 1 N–H and O–H groups in total. The van der Waals surface area contributed by atoms with Gasteiger partial charge in [-0.1, -0.05) is 6.92 Å². The fourth-order valence-corrected chi connectivity index (χ4v) is 2.16. The average molecular weight is 269 g/mol. The normalized spacial score (nSPS) is 20.1. The minimum absolute atomic E-state index is 0.0383. The maximum absolute atomic E-state index is 12.0. The Bertz CT molecular complexity index is 318. The highest BCUT2D eigenvalue weighted by molar-refractivity contribution is 6.05. The molecule has 0 spiro atoms. The van der Waals surface area contributed by atoms with E-state index >= 15 is 0 Å². The molecule has 5 nitrogen and oxygen atoms in total. The van der Waals surface area contributed by atoms with Gasteiger partial charge in [-0.2, -0.15) is 0 Å². The van der Waals surface area contributed by atoms with Gasteiger partial charge in [-0.05, 0) is 46.8 Å². The van der Waals surface area contributed by atoms with Crippen molar-refractivity contribution >= 4 is 11.8 Å². The summed E-state index contributed by atoms with van der Waals surface area (Å²) in [5, 5.41) is 3.21. The van der Waals surface area contributed by atoms with Gasteiger partial charge in [0.05, 0.1) is 12.5 Å². The quantitative estimate of drug-likeness (QED) is 0.524. The molecule has 1 atom stereocenters. The first-order valence-electron chi connectivity index (χ1n) is 7.25. The molecule has 1 rings (SSSR count). The lowest BCUT2D eigenvalue weighted by Gasteiger charge is -2.21. The monoisotopic (exact) mass is 269 g/mol. The summed E-state index contributed by atoms with van der Waals surface area (Å²) in [5.41, 5.74) is 0. The molecular formula is C14H27N3O2. The topological polar surface area (TPSA) is 52.7 Å².